The number of sulfonamides is 1. The Morgan fingerprint density at radius 1 is 1.20 bits per heavy atom. The molecule has 0 saturated carbocycles. The van der Waals surface area contributed by atoms with E-state index in [9.17, 15) is 8.42 Å². The van der Waals surface area contributed by atoms with Gasteiger partial charge in [-0.15, -0.1) is 10.2 Å². The van der Waals surface area contributed by atoms with E-state index >= 15 is 0 Å². The van der Waals surface area contributed by atoms with Crippen LogP contribution in [0.2, 0.25) is 0 Å². The molecule has 0 atom stereocenters. The van der Waals surface area contributed by atoms with Crippen molar-refractivity contribution < 1.29 is 8.42 Å². The zero-order valence-electron chi connectivity index (χ0n) is 11.8. The standard InChI is InChI=1S/C13H17N3O2S2/c1-8(2)12-14-15-13(19-12)16-20(17,18)11-7-9(3)5-6-10(11)4/h5-8H,1-4H3,(H,15,16). The van der Waals surface area contributed by atoms with Crippen LogP contribution in [0.1, 0.15) is 35.9 Å². The average Bonchev–Trinajstić information content (AvgIpc) is 2.80. The molecule has 0 spiro atoms. The highest BCUT2D eigenvalue weighted by molar-refractivity contribution is 7.93. The van der Waals surface area contributed by atoms with Gasteiger partial charge in [0.15, 0.2) is 0 Å². The summed E-state index contributed by atoms with van der Waals surface area (Å²) in [4.78, 5) is 0.277. The first kappa shape index (κ1) is 14.9. The van der Waals surface area contributed by atoms with E-state index < -0.39 is 10.0 Å². The van der Waals surface area contributed by atoms with Gasteiger partial charge < -0.3 is 0 Å². The van der Waals surface area contributed by atoms with Gasteiger partial charge in [0, 0.05) is 5.92 Å². The molecule has 0 bridgehead atoms. The molecular formula is C13H17N3O2S2. The summed E-state index contributed by atoms with van der Waals surface area (Å²) in [6.45, 7) is 7.61. The van der Waals surface area contributed by atoms with E-state index in [1.165, 1.54) is 11.3 Å². The van der Waals surface area contributed by atoms with Gasteiger partial charge in [-0.1, -0.05) is 37.3 Å². The molecule has 5 nitrogen and oxygen atoms in total. The van der Waals surface area contributed by atoms with Gasteiger partial charge in [-0.05, 0) is 31.0 Å². The van der Waals surface area contributed by atoms with Gasteiger partial charge in [0.1, 0.15) is 5.01 Å². The Bertz CT molecular complexity index is 721. The molecule has 1 heterocycles. The topological polar surface area (TPSA) is 72.0 Å². The molecule has 2 rings (SSSR count). The van der Waals surface area contributed by atoms with E-state index in [-0.39, 0.29) is 10.8 Å². The van der Waals surface area contributed by atoms with E-state index in [2.05, 4.69) is 14.9 Å². The number of hydrogen-bond donors (Lipinski definition) is 1. The van der Waals surface area contributed by atoms with Crippen molar-refractivity contribution in [3.8, 4) is 0 Å². The second-order valence-corrected chi connectivity index (χ2v) is 7.63. The molecule has 0 amide bonds. The molecule has 1 aromatic carbocycles. The smallest absolute Gasteiger partial charge is 0.253 e. The maximum atomic E-state index is 12.4. The van der Waals surface area contributed by atoms with Crippen molar-refractivity contribution in [3.05, 3.63) is 34.3 Å². The number of anilines is 1. The molecule has 0 aliphatic rings. The van der Waals surface area contributed by atoms with Gasteiger partial charge >= 0.3 is 0 Å². The average molecular weight is 311 g/mol. The summed E-state index contributed by atoms with van der Waals surface area (Å²) in [5.41, 5.74) is 1.60. The predicted octanol–water partition coefficient (Wildman–Crippen LogP) is 3.08. The van der Waals surface area contributed by atoms with Crippen LogP contribution in [0, 0.1) is 13.8 Å². The number of aromatic nitrogens is 2. The highest BCUT2D eigenvalue weighted by atomic mass is 32.2. The molecule has 0 unspecified atom stereocenters. The molecule has 0 saturated heterocycles. The van der Waals surface area contributed by atoms with Gasteiger partial charge in [-0.2, -0.15) is 0 Å². The minimum atomic E-state index is -3.62. The summed E-state index contributed by atoms with van der Waals surface area (Å²) in [6, 6.07) is 5.34. The van der Waals surface area contributed by atoms with E-state index in [1.54, 1.807) is 19.1 Å². The van der Waals surface area contributed by atoms with Gasteiger partial charge in [0.25, 0.3) is 10.0 Å². The summed E-state index contributed by atoms with van der Waals surface area (Å²) in [5, 5.41) is 8.96. The van der Waals surface area contributed by atoms with Crippen molar-refractivity contribution in [2.75, 3.05) is 4.72 Å². The van der Waals surface area contributed by atoms with E-state index in [0.717, 1.165) is 10.6 Å². The van der Waals surface area contributed by atoms with Crippen LogP contribution in [0.5, 0.6) is 0 Å². The third kappa shape index (κ3) is 3.16. The largest absolute Gasteiger partial charge is 0.263 e. The van der Waals surface area contributed by atoms with Crippen LogP contribution in [0.15, 0.2) is 23.1 Å². The monoisotopic (exact) mass is 311 g/mol. The number of rotatable bonds is 4. The van der Waals surface area contributed by atoms with Crippen molar-refractivity contribution in [1.29, 1.82) is 0 Å². The first-order valence-electron chi connectivity index (χ1n) is 6.23. The third-order valence-corrected chi connectivity index (χ3v) is 5.54. The molecule has 108 valence electrons. The Morgan fingerprint density at radius 3 is 2.50 bits per heavy atom. The lowest BCUT2D eigenvalue weighted by molar-refractivity contribution is 0.600. The molecule has 0 aliphatic carbocycles. The number of hydrogen-bond acceptors (Lipinski definition) is 5. The molecule has 1 aromatic heterocycles. The third-order valence-electron chi connectivity index (χ3n) is 2.79. The van der Waals surface area contributed by atoms with E-state index in [0.29, 0.717) is 10.7 Å². The molecule has 20 heavy (non-hydrogen) atoms. The van der Waals surface area contributed by atoms with Crippen LogP contribution in [0.3, 0.4) is 0 Å². The normalized spacial score (nSPS) is 11.8. The number of benzene rings is 1. The van der Waals surface area contributed by atoms with Gasteiger partial charge in [-0.25, -0.2) is 8.42 Å². The molecule has 0 radical (unpaired) electrons. The van der Waals surface area contributed by atoms with E-state index in [4.69, 9.17) is 0 Å². The fourth-order valence-corrected chi connectivity index (χ4v) is 3.98. The van der Waals surface area contributed by atoms with Gasteiger partial charge in [0.05, 0.1) is 4.90 Å². The Balaban J connectivity index is 2.33. The lowest BCUT2D eigenvalue weighted by atomic mass is 10.2. The minimum absolute atomic E-state index is 0.228. The SMILES string of the molecule is Cc1ccc(C)c(S(=O)(=O)Nc2nnc(C(C)C)s2)c1. The van der Waals surface area contributed by atoms with Crippen LogP contribution in [-0.2, 0) is 10.0 Å². The number of nitrogens with one attached hydrogen (secondary N) is 1. The lowest BCUT2D eigenvalue weighted by Gasteiger charge is -2.08. The molecule has 1 N–H and O–H groups in total. The zero-order chi connectivity index (χ0) is 14.9. The quantitative estimate of drug-likeness (QED) is 0.942. The van der Waals surface area contributed by atoms with Crippen LogP contribution < -0.4 is 4.72 Å². The lowest BCUT2D eigenvalue weighted by Crippen LogP contribution is -2.14. The minimum Gasteiger partial charge on any atom is -0.253 e. The summed E-state index contributed by atoms with van der Waals surface area (Å²) < 4.78 is 27.3. The van der Waals surface area contributed by atoms with E-state index in [1.807, 2.05) is 26.8 Å². The molecule has 2 aromatic rings. The Labute approximate surface area is 123 Å². The maximum absolute atomic E-state index is 12.4. The second kappa shape index (κ2) is 5.49. The second-order valence-electron chi connectivity index (χ2n) is 4.97. The van der Waals surface area contributed by atoms with Crippen molar-refractivity contribution in [3.63, 3.8) is 0 Å². The number of nitrogens with zero attached hydrogens (tertiary/aromatic N) is 2. The highest BCUT2D eigenvalue weighted by Gasteiger charge is 2.19. The highest BCUT2D eigenvalue weighted by Crippen LogP contribution is 2.25. The first-order chi connectivity index (χ1) is 9.29. The van der Waals surface area contributed by atoms with Crippen LogP contribution >= 0.6 is 11.3 Å². The van der Waals surface area contributed by atoms with Crippen molar-refractivity contribution >= 4 is 26.5 Å². The van der Waals surface area contributed by atoms with Crippen LogP contribution in [0.25, 0.3) is 0 Å². The fourth-order valence-electron chi connectivity index (χ4n) is 1.68. The Kier molecular flexibility index (Phi) is 4.10. The fraction of sp³-hybridized carbons (Fsp3) is 0.385. The zero-order valence-corrected chi connectivity index (χ0v) is 13.5. The Morgan fingerprint density at radius 2 is 1.90 bits per heavy atom. The summed E-state index contributed by atoms with van der Waals surface area (Å²) in [7, 11) is -3.62. The summed E-state index contributed by atoms with van der Waals surface area (Å²) in [6.07, 6.45) is 0. The van der Waals surface area contributed by atoms with Crippen molar-refractivity contribution in [2.45, 2.75) is 38.5 Å². The molecular weight excluding hydrogens is 294 g/mol. The van der Waals surface area contributed by atoms with Crippen molar-refractivity contribution in [2.24, 2.45) is 0 Å². The summed E-state index contributed by atoms with van der Waals surface area (Å²) in [5.74, 6) is 0.228. The van der Waals surface area contributed by atoms with Crippen LogP contribution in [-0.4, -0.2) is 18.6 Å². The number of aryl methyl sites for hydroxylation is 2. The van der Waals surface area contributed by atoms with Gasteiger partial charge in [-0.3, -0.25) is 4.72 Å². The molecule has 7 heteroatoms. The van der Waals surface area contributed by atoms with Crippen LogP contribution in [0.4, 0.5) is 5.13 Å². The molecule has 0 fully saturated rings. The van der Waals surface area contributed by atoms with Gasteiger partial charge in [0.2, 0.25) is 5.13 Å². The van der Waals surface area contributed by atoms with Crippen molar-refractivity contribution in [1.82, 2.24) is 10.2 Å². The summed E-state index contributed by atoms with van der Waals surface area (Å²) >= 11 is 1.26. The predicted molar refractivity (Wildman–Crippen MR) is 80.7 cm³/mol. The maximum Gasteiger partial charge on any atom is 0.263 e. The first-order valence-corrected chi connectivity index (χ1v) is 8.53. The molecule has 0 aliphatic heterocycles. The Hall–Kier alpha value is -1.47.